The number of pyridine rings is 1. The van der Waals surface area contributed by atoms with Gasteiger partial charge in [-0.05, 0) is 43.5 Å². The first kappa shape index (κ1) is 9.21. The second kappa shape index (κ2) is 4.24. The lowest BCUT2D eigenvalue weighted by Crippen LogP contribution is -1.98. The van der Waals surface area contributed by atoms with E-state index in [1.54, 1.807) is 0 Å². The number of H-pyrrole nitrogens is 1. The molecule has 0 saturated carbocycles. The second-order valence-electron chi connectivity index (χ2n) is 3.46. The van der Waals surface area contributed by atoms with Gasteiger partial charge in [0.25, 0.3) is 0 Å². The lowest BCUT2D eigenvalue weighted by atomic mass is 10.1. The van der Waals surface area contributed by atoms with Gasteiger partial charge in [-0.2, -0.15) is 0 Å². The number of aromatic nitrogens is 2. The van der Waals surface area contributed by atoms with Crippen molar-refractivity contribution in [3.05, 3.63) is 30.1 Å². The first-order valence-electron chi connectivity index (χ1n) is 5.03. The summed E-state index contributed by atoms with van der Waals surface area (Å²) in [5.41, 5.74) is 7.79. The summed E-state index contributed by atoms with van der Waals surface area (Å²) in [5.74, 6) is 0. The summed E-state index contributed by atoms with van der Waals surface area (Å²) < 4.78 is 0. The minimum atomic E-state index is 0.778. The van der Waals surface area contributed by atoms with Crippen molar-refractivity contribution in [1.29, 1.82) is 0 Å². The summed E-state index contributed by atoms with van der Waals surface area (Å²) in [6.07, 6.45) is 7.19. The van der Waals surface area contributed by atoms with Crippen molar-refractivity contribution in [2.24, 2.45) is 5.73 Å². The molecule has 3 heteroatoms. The summed E-state index contributed by atoms with van der Waals surface area (Å²) in [6, 6.07) is 4.08. The predicted octanol–water partition coefficient (Wildman–Crippen LogP) is 1.84. The summed E-state index contributed by atoms with van der Waals surface area (Å²) in [4.78, 5) is 7.42. The van der Waals surface area contributed by atoms with E-state index in [2.05, 4.69) is 16.0 Å². The largest absolute Gasteiger partial charge is 0.346 e. The van der Waals surface area contributed by atoms with Crippen LogP contribution in [0.1, 0.15) is 18.4 Å². The monoisotopic (exact) mass is 189 g/mol. The zero-order valence-electron chi connectivity index (χ0n) is 8.16. The average Bonchev–Trinajstić information content (AvgIpc) is 2.63. The summed E-state index contributed by atoms with van der Waals surface area (Å²) >= 11 is 0. The molecule has 0 unspecified atom stereocenters. The first-order chi connectivity index (χ1) is 6.92. The van der Waals surface area contributed by atoms with Crippen molar-refractivity contribution in [1.82, 2.24) is 9.97 Å². The number of hydrogen-bond acceptors (Lipinski definition) is 2. The Balaban J connectivity index is 2.17. The highest BCUT2D eigenvalue weighted by Crippen LogP contribution is 2.17. The molecule has 14 heavy (non-hydrogen) atoms. The number of aromatic amines is 1. The van der Waals surface area contributed by atoms with Crippen LogP contribution in [0.4, 0.5) is 0 Å². The molecule has 2 aromatic rings. The van der Waals surface area contributed by atoms with Crippen LogP contribution < -0.4 is 5.73 Å². The Labute approximate surface area is 83.3 Å². The minimum Gasteiger partial charge on any atom is -0.346 e. The van der Waals surface area contributed by atoms with Gasteiger partial charge in [0, 0.05) is 17.8 Å². The number of aryl methyl sites for hydroxylation is 1. The lowest BCUT2D eigenvalue weighted by molar-refractivity contribution is 0.747. The van der Waals surface area contributed by atoms with Gasteiger partial charge >= 0.3 is 0 Å². The van der Waals surface area contributed by atoms with Crippen LogP contribution in [-0.4, -0.2) is 16.5 Å². The van der Waals surface area contributed by atoms with Gasteiger partial charge in [0.15, 0.2) is 0 Å². The normalized spacial score (nSPS) is 10.9. The van der Waals surface area contributed by atoms with Crippen molar-refractivity contribution in [3.63, 3.8) is 0 Å². The van der Waals surface area contributed by atoms with Crippen molar-refractivity contribution in [3.8, 4) is 0 Å². The third-order valence-electron chi connectivity index (χ3n) is 2.44. The molecule has 3 nitrogen and oxygen atoms in total. The molecule has 0 aromatic carbocycles. The summed E-state index contributed by atoms with van der Waals surface area (Å²) in [6.45, 7) is 0.778. The standard InChI is InChI=1S/C11H15N3/c12-6-2-1-4-9-8-14-11-10(9)5-3-7-13-11/h3,5,7-8H,1-2,4,6,12H2,(H,13,14). The molecule has 0 saturated heterocycles. The van der Waals surface area contributed by atoms with E-state index in [-0.39, 0.29) is 0 Å². The predicted molar refractivity (Wildman–Crippen MR) is 58.1 cm³/mol. The van der Waals surface area contributed by atoms with E-state index in [0.29, 0.717) is 0 Å². The highest BCUT2D eigenvalue weighted by atomic mass is 14.8. The number of unbranched alkanes of at least 4 members (excludes halogenated alkanes) is 1. The highest BCUT2D eigenvalue weighted by Gasteiger charge is 2.02. The van der Waals surface area contributed by atoms with Gasteiger partial charge in [-0.3, -0.25) is 0 Å². The van der Waals surface area contributed by atoms with E-state index in [9.17, 15) is 0 Å². The molecule has 0 aliphatic rings. The van der Waals surface area contributed by atoms with Gasteiger partial charge in [0.1, 0.15) is 5.65 Å². The van der Waals surface area contributed by atoms with Gasteiger partial charge in [0.05, 0.1) is 0 Å². The van der Waals surface area contributed by atoms with Crippen LogP contribution in [0.2, 0.25) is 0 Å². The van der Waals surface area contributed by atoms with Crippen molar-refractivity contribution >= 4 is 11.0 Å². The Hall–Kier alpha value is -1.35. The maximum Gasteiger partial charge on any atom is 0.137 e. The maximum atomic E-state index is 5.46. The Morgan fingerprint density at radius 3 is 3.14 bits per heavy atom. The van der Waals surface area contributed by atoms with Crippen LogP contribution in [0.15, 0.2) is 24.5 Å². The fourth-order valence-corrected chi connectivity index (χ4v) is 1.68. The molecule has 0 aliphatic carbocycles. The molecule has 2 heterocycles. The molecule has 3 N–H and O–H groups in total. The van der Waals surface area contributed by atoms with E-state index in [0.717, 1.165) is 31.5 Å². The fraction of sp³-hybridized carbons (Fsp3) is 0.364. The van der Waals surface area contributed by atoms with E-state index in [4.69, 9.17) is 5.73 Å². The van der Waals surface area contributed by atoms with Crippen LogP contribution in [0.3, 0.4) is 0 Å². The number of nitrogens with zero attached hydrogens (tertiary/aromatic N) is 1. The first-order valence-corrected chi connectivity index (χ1v) is 5.03. The van der Waals surface area contributed by atoms with Gasteiger partial charge in [-0.15, -0.1) is 0 Å². The molecule has 0 bridgehead atoms. The smallest absolute Gasteiger partial charge is 0.137 e. The topological polar surface area (TPSA) is 54.7 Å². The van der Waals surface area contributed by atoms with Crippen LogP contribution >= 0.6 is 0 Å². The maximum absolute atomic E-state index is 5.46. The zero-order valence-corrected chi connectivity index (χ0v) is 8.16. The number of fused-ring (bicyclic) bond motifs is 1. The molecule has 0 radical (unpaired) electrons. The molecular formula is C11H15N3. The Kier molecular flexibility index (Phi) is 2.79. The van der Waals surface area contributed by atoms with E-state index in [1.165, 1.54) is 10.9 Å². The second-order valence-corrected chi connectivity index (χ2v) is 3.46. The van der Waals surface area contributed by atoms with E-state index in [1.807, 2.05) is 18.5 Å². The molecule has 0 atom stereocenters. The quantitative estimate of drug-likeness (QED) is 0.721. The van der Waals surface area contributed by atoms with Crippen molar-refractivity contribution in [2.45, 2.75) is 19.3 Å². The van der Waals surface area contributed by atoms with Gasteiger partial charge in [0.2, 0.25) is 0 Å². The molecular weight excluding hydrogens is 174 g/mol. The number of nitrogens with two attached hydrogens (primary N) is 1. The Morgan fingerprint density at radius 1 is 1.36 bits per heavy atom. The lowest BCUT2D eigenvalue weighted by Gasteiger charge is -1.97. The molecule has 74 valence electrons. The third kappa shape index (κ3) is 1.77. The summed E-state index contributed by atoms with van der Waals surface area (Å²) in [7, 11) is 0. The van der Waals surface area contributed by atoms with Crippen LogP contribution in [0.5, 0.6) is 0 Å². The SMILES string of the molecule is NCCCCc1c[nH]c2ncccc12. The van der Waals surface area contributed by atoms with Crippen LogP contribution in [0.25, 0.3) is 11.0 Å². The number of nitrogens with one attached hydrogen (secondary N) is 1. The molecule has 2 aromatic heterocycles. The van der Waals surface area contributed by atoms with Gasteiger partial charge in [-0.25, -0.2) is 4.98 Å². The number of hydrogen-bond donors (Lipinski definition) is 2. The molecule has 0 aliphatic heterocycles. The highest BCUT2D eigenvalue weighted by molar-refractivity contribution is 5.79. The van der Waals surface area contributed by atoms with Gasteiger partial charge in [-0.1, -0.05) is 0 Å². The van der Waals surface area contributed by atoms with Crippen molar-refractivity contribution in [2.75, 3.05) is 6.54 Å². The summed E-state index contributed by atoms with van der Waals surface area (Å²) in [5, 5.41) is 1.24. The molecule has 2 rings (SSSR count). The molecule has 0 fully saturated rings. The van der Waals surface area contributed by atoms with E-state index < -0.39 is 0 Å². The Morgan fingerprint density at radius 2 is 2.29 bits per heavy atom. The van der Waals surface area contributed by atoms with Crippen LogP contribution in [-0.2, 0) is 6.42 Å². The molecule has 0 spiro atoms. The third-order valence-corrected chi connectivity index (χ3v) is 2.44. The zero-order chi connectivity index (χ0) is 9.80. The average molecular weight is 189 g/mol. The van der Waals surface area contributed by atoms with Gasteiger partial charge < -0.3 is 10.7 Å². The van der Waals surface area contributed by atoms with E-state index >= 15 is 0 Å². The minimum absolute atomic E-state index is 0.778. The number of rotatable bonds is 4. The van der Waals surface area contributed by atoms with Crippen molar-refractivity contribution < 1.29 is 0 Å². The fourth-order valence-electron chi connectivity index (χ4n) is 1.68. The Bertz CT molecular complexity index is 406. The van der Waals surface area contributed by atoms with Crippen LogP contribution in [0, 0.1) is 0 Å². The molecule has 0 amide bonds.